The van der Waals surface area contributed by atoms with Gasteiger partial charge in [0.05, 0.1) is 18.0 Å². The lowest BCUT2D eigenvalue weighted by Crippen LogP contribution is -2.29. The van der Waals surface area contributed by atoms with Crippen LogP contribution in [0.15, 0.2) is 35.8 Å². The summed E-state index contributed by atoms with van der Waals surface area (Å²) in [5, 5.41) is 2.00. The number of hydrogen-bond acceptors (Lipinski definition) is 5. The lowest BCUT2D eigenvalue weighted by Gasteiger charge is -2.15. The Kier molecular flexibility index (Phi) is 4.08. The van der Waals surface area contributed by atoms with Crippen molar-refractivity contribution >= 4 is 11.3 Å². The highest BCUT2D eigenvalue weighted by atomic mass is 32.1. The van der Waals surface area contributed by atoms with E-state index in [9.17, 15) is 0 Å². The fourth-order valence-corrected chi connectivity index (χ4v) is 2.61. The first kappa shape index (κ1) is 12.0. The molecule has 0 saturated heterocycles. The highest BCUT2D eigenvalue weighted by Gasteiger charge is 2.17. The molecule has 0 fully saturated rings. The van der Waals surface area contributed by atoms with Gasteiger partial charge in [-0.1, -0.05) is 6.07 Å². The molecule has 4 nitrogen and oxygen atoms in total. The van der Waals surface area contributed by atoms with Crippen molar-refractivity contribution in [3.8, 4) is 5.75 Å². The molecule has 0 saturated carbocycles. The predicted octanol–water partition coefficient (Wildman–Crippen LogP) is 1.90. The lowest BCUT2D eigenvalue weighted by atomic mass is 10.1. The van der Waals surface area contributed by atoms with Crippen LogP contribution >= 0.6 is 11.3 Å². The maximum Gasteiger partial charge on any atom is 0.134 e. The van der Waals surface area contributed by atoms with Crippen molar-refractivity contribution in [3.05, 3.63) is 46.4 Å². The third-order valence-electron chi connectivity index (χ3n) is 2.53. The summed E-state index contributed by atoms with van der Waals surface area (Å²) in [6, 6.07) is 7.84. The Hall–Kier alpha value is -1.43. The average molecular weight is 249 g/mol. The van der Waals surface area contributed by atoms with E-state index in [-0.39, 0.29) is 6.04 Å². The Morgan fingerprint density at radius 1 is 1.47 bits per heavy atom. The number of thiophene rings is 1. The molecule has 1 unspecified atom stereocenters. The maximum absolute atomic E-state index is 5.61. The number of hydrazine groups is 1. The van der Waals surface area contributed by atoms with Crippen molar-refractivity contribution in [1.82, 2.24) is 10.4 Å². The van der Waals surface area contributed by atoms with Gasteiger partial charge in [0, 0.05) is 18.3 Å². The Morgan fingerprint density at radius 3 is 3.00 bits per heavy atom. The summed E-state index contributed by atoms with van der Waals surface area (Å²) in [7, 11) is 1.67. The fraction of sp³-hybridized carbons (Fsp3) is 0.250. The highest BCUT2D eigenvalue weighted by molar-refractivity contribution is 7.10. The van der Waals surface area contributed by atoms with Gasteiger partial charge in [-0.2, -0.15) is 0 Å². The molecule has 0 amide bonds. The Morgan fingerprint density at radius 2 is 2.35 bits per heavy atom. The van der Waals surface area contributed by atoms with Gasteiger partial charge in [0.25, 0.3) is 0 Å². The number of hydrogen-bond donors (Lipinski definition) is 2. The van der Waals surface area contributed by atoms with Crippen LogP contribution in [-0.4, -0.2) is 12.1 Å². The van der Waals surface area contributed by atoms with Crippen molar-refractivity contribution in [3.63, 3.8) is 0 Å². The number of rotatable bonds is 5. The van der Waals surface area contributed by atoms with E-state index in [1.165, 1.54) is 0 Å². The van der Waals surface area contributed by atoms with Crippen molar-refractivity contribution in [1.29, 1.82) is 0 Å². The standard InChI is InChI=1S/C12H15N3OS/c1-16-11-5-7-17-12(11)10(15-13)8-9-4-2-3-6-14-9/h2-7,10,15H,8,13H2,1H3. The number of aromatic nitrogens is 1. The molecular weight excluding hydrogens is 234 g/mol. The smallest absolute Gasteiger partial charge is 0.134 e. The van der Waals surface area contributed by atoms with Gasteiger partial charge in [-0.3, -0.25) is 16.3 Å². The normalized spacial score (nSPS) is 12.4. The summed E-state index contributed by atoms with van der Waals surface area (Å²) < 4.78 is 5.30. The molecule has 2 aromatic heterocycles. The van der Waals surface area contributed by atoms with Crippen LogP contribution in [0.3, 0.4) is 0 Å². The van der Waals surface area contributed by atoms with Gasteiger partial charge in [-0.05, 0) is 23.6 Å². The molecule has 90 valence electrons. The summed E-state index contributed by atoms with van der Waals surface area (Å²) in [6.45, 7) is 0. The zero-order valence-electron chi connectivity index (χ0n) is 9.59. The van der Waals surface area contributed by atoms with Gasteiger partial charge in [0.15, 0.2) is 0 Å². The van der Waals surface area contributed by atoms with Gasteiger partial charge < -0.3 is 4.74 Å². The van der Waals surface area contributed by atoms with E-state index in [0.717, 1.165) is 22.7 Å². The SMILES string of the molecule is COc1ccsc1C(Cc1ccccn1)NN. The first-order valence-corrected chi connectivity index (χ1v) is 6.20. The molecule has 0 aromatic carbocycles. The monoisotopic (exact) mass is 249 g/mol. The minimum absolute atomic E-state index is 0.0276. The molecule has 1 atom stereocenters. The second-order valence-electron chi connectivity index (χ2n) is 3.60. The molecule has 17 heavy (non-hydrogen) atoms. The van der Waals surface area contributed by atoms with Crippen LogP contribution in [0.1, 0.15) is 16.6 Å². The van der Waals surface area contributed by atoms with Crippen molar-refractivity contribution in [2.24, 2.45) is 5.84 Å². The number of ether oxygens (including phenoxy) is 1. The van der Waals surface area contributed by atoms with Crippen molar-refractivity contribution in [2.75, 3.05) is 7.11 Å². The van der Waals surface area contributed by atoms with Crippen LogP contribution in [-0.2, 0) is 6.42 Å². The summed E-state index contributed by atoms with van der Waals surface area (Å²) in [6.07, 6.45) is 2.53. The molecule has 3 N–H and O–H groups in total. The zero-order chi connectivity index (χ0) is 12.1. The molecular formula is C12H15N3OS. The Bertz CT molecular complexity index is 458. The van der Waals surface area contributed by atoms with Gasteiger partial charge in [-0.15, -0.1) is 11.3 Å². The van der Waals surface area contributed by atoms with E-state index in [0.29, 0.717) is 0 Å². The quantitative estimate of drug-likeness (QED) is 0.627. The van der Waals surface area contributed by atoms with Crippen LogP contribution < -0.4 is 16.0 Å². The first-order valence-electron chi connectivity index (χ1n) is 5.32. The van der Waals surface area contributed by atoms with Crippen LogP contribution in [0.2, 0.25) is 0 Å². The fourth-order valence-electron chi connectivity index (χ4n) is 1.69. The van der Waals surface area contributed by atoms with Crippen LogP contribution in [0.5, 0.6) is 5.75 Å². The topological polar surface area (TPSA) is 60.2 Å². The molecule has 5 heteroatoms. The summed E-state index contributed by atoms with van der Waals surface area (Å²) in [5.74, 6) is 6.48. The molecule has 2 heterocycles. The first-order chi connectivity index (χ1) is 8.35. The van der Waals surface area contributed by atoms with E-state index < -0.39 is 0 Å². The van der Waals surface area contributed by atoms with E-state index in [1.807, 2.05) is 29.6 Å². The Labute approximate surface area is 104 Å². The number of nitrogens with one attached hydrogen (secondary N) is 1. The molecule has 0 aliphatic heterocycles. The minimum Gasteiger partial charge on any atom is -0.496 e. The predicted molar refractivity (Wildman–Crippen MR) is 68.9 cm³/mol. The number of methoxy groups -OCH3 is 1. The molecule has 0 spiro atoms. The second kappa shape index (κ2) is 5.77. The van der Waals surface area contributed by atoms with E-state index in [4.69, 9.17) is 10.6 Å². The second-order valence-corrected chi connectivity index (χ2v) is 4.55. The average Bonchev–Trinajstić information content (AvgIpc) is 2.85. The minimum atomic E-state index is 0.0276. The van der Waals surface area contributed by atoms with Crippen molar-refractivity contribution < 1.29 is 4.74 Å². The van der Waals surface area contributed by atoms with Gasteiger partial charge in [-0.25, -0.2) is 0 Å². The van der Waals surface area contributed by atoms with E-state index in [1.54, 1.807) is 24.6 Å². The molecule has 0 aliphatic carbocycles. The van der Waals surface area contributed by atoms with Crippen LogP contribution in [0.25, 0.3) is 0 Å². The summed E-state index contributed by atoms with van der Waals surface area (Å²) >= 11 is 1.63. The largest absolute Gasteiger partial charge is 0.496 e. The molecule has 0 aliphatic rings. The molecule has 0 radical (unpaired) electrons. The van der Waals surface area contributed by atoms with Crippen LogP contribution in [0, 0.1) is 0 Å². The number of nitrogens with two attached hydrogens (primary N) is 1. The molecule has 0 bridgehead atoms. The Balaban J connectivity index is 2.17. The number of nitrogens with zero attached hydrogens (tertiary/aromatic N) is 1. The third kappa shape index (κ3) is 2.82. The van der Waals surface area contributed by atoms with Gasteiger partial charge in [0.1, 0.15) is 5.75 Å². The summed E-state index contributed by atoms with van der Waals surface area (Å²) in [4.78, 5) is 5.40. The van der Waals surface area contributed by atoms with Gasteiger partial charge >= 0.3 is 0 Å². The lowest BCUT2D eigenvalue weighted by molar-refractivity contribution is 0.403. The van der Waals surface area contributed by atoms with E-state index >= 15 is 0 Å². The third-order valence-corrected chi connectivity index (χ3v) is 3.55. The highest BCUT2D eigenvalue weighted by Crippen LogP contribution is 2.31. The number of pyridine rings is 1. The summed E-state index contributed by atoms with van der Waals surface area (Å²) in [5.41, 5.74) is 3.82. The maximum atomic E-state index is 5.61. The van der Waals surface area contributed by atoms with Crippen molar-refractivity contribution in [2.45, 2.75) is 12.5 Å². The molecule has 2 rings (SSSR count). The molecule has 2 aromatic rings. The zero-order valence-corrected chi connectivity index (χ0v) is 10.4. The van der Waals surface area contributed by atoms with Gasteiger partial charge in [0.2, 0.25) is 0 Å². The van der Waals surface area contributed by atoms with E-state index in [2.05, 4.69) is 10.4 Å². The van der Waals surface area contributed by atoms with Crippen LogP contribution in [0.4, 0.5) is 0 Å².